The molecule has 0 spiro atoms. The van der Waals surface area contributed by atoms with Crippen molar-refractivity contribution in [2.75, 3.05) is 32.8 Å². The number of unbranched alkanes of at least 4 members (excludes halogenated alkanes) is 2. The second-order valence-corrected chi connectivity index (χ2v) is 3.24. The molecule has 3 heteroatoms. The van der Waals surface area contributed by atoms with Gasteiger partial charge in [-0.3, -0.25) is 0 Å². The van der Waals surface area contributed by atoms with Gasteiger partial charge in [-0.15, -0.1) is 0 Å². The minimum absolute atomic E-state index is 0.334. The number of hydrogen-bond acceptors (Lipinski definition) is 3. The third kappa shape index (κ3) is 11.9. The van der Waals surface area contributed by atoms with E-state index in [9.17, 15) is 0 Å². The van der Waals surface area contributed by atoms with Crippen LogP contribution in [0.5, 0.6) is 0 Å². The molecule has 0 unspecified atom stereocenters. The average Bonchev–Trinajstić information content (AvgIpc) is 2.16. The van der Waals surface area contributed by atoms with E-state index in [0.29, 0.717) is 6.61 Å². The number of hydrogen-bond donors (Lipinski definition) is 3. The number of rotatable bonds is 10. The van der Waals surface area contributed by atoms with E-state index >= 15 is 0 Å². The van der Waals surface area contributed by atoms with E-state index in [1.165, 1.54) is 12.8 Å². The summed E-state index contributed by atoms with van der Waals surface area (Å²) in [7, 11) is 0. The number of nitrogens with one attached hydrogen (secondary N) is 2. The summed E-state index contributed by atoms with van der Waals surface area (Å²) in [4.78, 5) is 0. The van der Waals surface area contributed by atoms with E-state index in [0.717, 1.165) is 39.0 Å². The van der Waals surface area contributed by atoms with Crippen LogP contribution in [0.1, 0.15) is 32.6 Å². The van der Waals surface area contributed by atoms with Crippen molar-refractivity contribution >= 4 is 0 Å². The van der Waals surface area contributed by atoms with E-state index in [2.05, 4.69) is 17.6 Å². The zero-order valence-corrected chi connectivity index (χ0v) is 8.81. The fraction of sp³-hybridized carbons (Fsp3) is 1.00. The maximum Gasteiger partial charge on any atom is 0.0431 e. The highest BCUT2D eigenvalue weighted by atomic mass is 16.2. The second kappa shape index (κ2) is 11.9. The van der Waals surface area contributed by atoms with Gasteiger partial charge in [-0.1, -0.05) is 6.92 Å². The SMILES string of the molecule is CCNCCCNCCCCCO. The van der Waals surface area contributed by atoms with Crippen molar-refractivity contribution < 1.29 is 5.11 Å². The first-order chi connectivity index (χ1) is 6.41. The maximum atomic E-state index is 8.54. The van der Waals surface area contributed by atoms with Crippen molar-refractivity contribution in [2.45, 2.75) is 32.6 Å². The average molecular weight is 188 g/mol. The molecule has 0 heterocycles. The van der Waals surface area contributed by atoms with Crippen LogP contribution in [0.15, 0.2) is 0 Å². The van der Waals surface area contributed by atoms with Crippen molar-refractivity contribution in [3.05, 3.63) is 0 Å². The Bertz CT molecular complexity index is 79.0. The summed E-state index contributed by atoms with van der Waals surface area (Å²) in [6.45, 7) is 6.83. The lowest BCUT2D eigenvalue weighted by Crippen LogP contribution is -2.22. The molecule has 0 aromatic carbocycles. The van der Waals surface area contributed by atoms with Crippen LogP contribution in [-0.4, -0.2) is 37.9 Å². The van der Waals surface area contributed by atoms with Gasteiger partial charge < -0.3 is 15.7 Å². The molecule has 0 aromatic heterocycles. The van der Waals surface area contributed by atoms with Crippen LogP contribution < -0.4 is 10.6 Å². The third-order valence-corrected chi connectivity index (χ3v) is 1.97. The summed E-state index contributed by atoms with van der Waals surface area (Å²) in [6, 6.07) is 0. The Morgan fingerprint density at radius 3 is 2.23 bits per heavy atom. The Morgan fingerprint density at radius 2 is 1.54 bits per heavy atom. The Hall–Kier alpha value is -0.120. The Labute approximate surface area is 81.9 Å². The van der Waals surface area contributed by atoms with E-state index in [4.69, 9.17) is 5.11 Å². The smallest absolute Gasteiger partial charge is 0.0431 e. The molecule has 0 amide bonds. The summed E-state index contributed by atoms with van der Waals surface area (Å²) in [6.07, 6.45) is 4.46. The molecule has 0 rings (SSSR count). The Morgan fingerprint density at radius 1 is 0.846 bits per heavy atom. The molecule has 0 aliphatic carbocycles. The largest absolute Gasteiger partial charge is 0.396 e. The molecule has 0 fully saturated rings. The molecule has 0 atom stereocenters. The molecule has 0 saturated carbocycles. The molecule has 13 heavy (non-hydrogen) atoms. The van der Waals surface area contributed by atoms with E-state index in [1.807, 2.05) is 0 Å². The van der Waals surface area contributed by atoms with Crippen molar-refractivity contribution in [3.8, 4) is 0 Å². The summed E-state index contributed by atoms with van der Waals surface area (Å²) in [5, 5.41) is 15.2. The van der Waals surface area contributed by atoms with Crippen LogP contribution in [0.25, 0.3) is 0 Å². The molecule has 3 nitrogen and oxygen atoms in total. The molecule has 3 N–H and O–H groups in total. The van der Waals surface area contributed by atoms with Gasteiger partial charge in [0.25, 0.3) is 0 Å². The summed E-state index contributed by atoms with van der Waals surface area (Å²) < 4.78 is 0. The lowest BCUT2D eigenvalue weighted by atomic mass is 10.2. The van der Waals surface area contributed by atoms with Crippen LogP contribution in [0.3, 0.4) is 0 Å². The van der Waals surface area contributed by atoms with Gasteiger partial charge in [0, 0.05) is 6.61 Å². The number of aliphatic hydroxyl groups is 1. The van der Waals surface area contributed by atoms with E-state index < -0.39 is 0 Å². The van der Waals surface area contributed by atoms with Crippen molar-refractivity contribution in [3.63, 3.8) is 0 Å². The van der Waals surface area contributed by atoms with Crippen LogP contribution in [0.2, 0.25) is 0 Å². The van der Waals surface area contributed by atoms with Gasteiger partial charge in [-0.05, 0) is 51.9 Å². The first-order valence-corrected chi connectivity index (χ1v) is 5.44. The summed E-state index contributed by atoms with van der Waals surface area (Å²) >= 11 is 0. The first-order valence-electron chi connectivity index (χ1n) is 5.44. The zero-order valence-electron chi connectivity index (χ0n) is 8.81. The van der Waals surface area contributed by atoms with Gasteiger partial charge in [0.05, 0.1) is 0 Å². The van der Waals surface area contributed by atoms with Gasteiger partial charge in [0.2, 0.25) is 0 Å². The number of aliphatic hydroxyl groups excluding tert-OH is 1. The van der Waals surface area contributed by atoms with Crippen molar-refractivity contribution in [2.24, 2.45) is 0 Å². The second-order valence-electron chi connectivity index (χ2n) is 3.24. The molecule has 0 bridgehead atoms. The molecule has 0 saturated heterocycles. The third-order valence-electron chi connectivity index (χ3n) is 1.97. The molecule has 0 aliphatic heterocycles. The van der Waals surface area contributed by atoms with E-state index in [1.54, 1.807) is 0 Å². The van der Waals surface area contributed by atoms with Crippen LogP contribution in [0.4, 0.5) is 0 Å². The first kappa shape index (κ1) is 12.9. The Kier molecular flexibility index (Phi) is 11.8. The summed E-state index contributed by atoms with van der Waals surface area (Å²) in [5.74, 6) is 0. The predicted molar refractivity (Wildman–Crippen MR) is 57.0 cm³/mol. The Balaban J connectivity index is 2.76. The lowest BCUT2D eigenvalue weighted by molar-refractivity contribution is 0.283. The van der Waals surface area contributed by atoms with Crippen molar-refractivity contribution in [1.82, 2.24) is 10.6 Å². The molecule has 0 radical (unpaired) electrons. The molecule has 0 aliphatic rings. The highest BCUT2D eigenvalue weighted by Crippen LogP contribution is 1.91. The monoisotopic (exact) mass is 188 g/mol. The van der Waals surface area contributed by atoms with Gasteiger partial charge >= 0.3 is 0 Å². The predicted octanol–water partition coefficient (Wildman–Crippen LogP) is 0.738. The van der Waals surface area contributed by atoms with Gasteiger partial charge in [-0.25, -0.2) is 0 Å². The van der Waals surface area contributed by atoms with Gasteiger partial charge in [0.15, 0.2) is 0 Å². The van der Waals surface area contributed by atoms with E-state index in [-0.39, 0.29) is 0 Å². The fourth-order valence-corrected chi connectivity index (χ4v) is 1.18. The minimum Gasteiger partial charge on any atom is -0.396 e. The lowest BCUT2D eigenvalue weighted by Gasteiger charge is -2.04. The zero-order chi connectivity index (χ0) is 9.78. The maximum absolute atomic E-state index is 8.54. The molecular weight excluding hydrogens is 164 g/mol. The van der Waals surface area contributed by atoms with Crippen LogP contribution in [-0.2, 0) is 0 Å². The quantitative estimate of drug-likeness (QED) is 0.443. The fourth-order valence-electron chi connectivity index (χ4n) is 1.18. The van der Waals surface area contributed by atoms with Gasteiger partial charge in [0.1, 0.15) is 0 Å². The minimum atomic E-state index is 0.334. The molecule has 0 aromatic rings. The van der Waals surface area contributed by atoms with Crippen molar-refractivity contribution in [1.29, 1.82) is 0 Å². The van der Waals surface area contributed by atoms with Crippen LogP contribution >= 0.6 is 0 Å². The topological polar surface area (TPSA) is 44.3 Å². The van der Waals surface area contributed by atoms with Crippen LogP contribution in [0, 0.1) is 0 Å². The van der Waals surface area contributed by atoms with Gasteiger partial charge in [-0.2, -0.15) is 0 Å². The summed E-state index contributed by atoms with van der Waals surface area (Å²) in [5.41, 5.74) is 0. The highest BCUT2D eigenvalue weighted by Gasteiger charge is 1.89. The highest BCUT2D eigenvalue weighted by molar-refractivity contribution is 4.51. The molecular formula is C10H24N2O. The standard InChI is InChI=1S/C10H24N2O/c1-2-11-8-6-9-12-7-4-3-5-10-13/h11-13H,2-10H2,1H3. The normalized spacial score (nSPS) is 10.6. The molecule has 80 valence electrons.